The maximum Gasteiger partial charge on any atom is 0.246 e. The SMILES string of the molecule is CCOCC(=O)NC1C(N)CC1OCC. The minimum Gasteiger partial charge on any atom is -0.376 e. The lowest BCUT2D eigenvalue weighted by atomic mass is 9.83. The fourth-order valence-corrected chi connectivity index (χ4v) is 1.65. The highest BCUT2D eigenvalue weighted by atomic mass is 16.5. The van der Waals surface area contributed by atoms with Crippen LogP contribution in [0, 0.1) is 0 Å². The van der Waals surface area contributed by atoms with Gasteiger partial charge in [0.25, 0.3) is 0 Å². The van der Waals surface area contributed by atoms with Gasteiger partial charge in [-0.3, -0.25) is 4.79 Å². The zero-order chi connectivity index (χ0) is 11.3. The lowest BCUT2D eigenvalue weighted by Gasteiger charge is -2.42. The van der Waals surface area contributed by atoms with Gasteiger partial charge in [-0.25, -0.2) is 0 Å². The van der Waals surface area contributed by atoms with Crippen molar-refractivity contribution >= 4 is 5.91 Å². The van der Waals surface area contributed by atoms with E-state index in [1.165, 1.54) is 0 Å². The molecular weight excluding hydrogens is 196 g/mol. The van der Waals surface area contributed by atoms with Gasteiger partial charge in [-0.2, -0.15) is 0 Å². The molecule has 0 saturated heterocycles. The number of amides is 1. The van der Waals surface area contributed by atoms with Gasteiger partial charge in [0.15, 0.2) is 0 Å². The first kappa shape index (κ1) is 12.4. The van der Waals surface area contributed by atoms with Crippen molar-refractivity contribution in [2.45, 2.75) is 38.5 Å². The number of carbonyl (C=O) groups is 1. The number of nitrogens with two attached hydrogens (primary N) is 1. The lowest BCUT2D eigenvalue weighted by Crippen LogP contribution is -2.65. The van der Waals surface area contributed by atoms with E-state index >= 15 is 0 Å². The van der Waals surface area contributed by atoms with Crippen LogP contribution in [0.1, 0.15) is 20.3 Å². The molecular formula is C10H20N2O3. The van der Waals surface area contributed by atoms with Crippen LogP contribution >= 0.6 is 0 Å². The number of nitrogens with one attached hydrogen (secondary N) is 1. The van der Waals surface area contributed by atoms with Gasteiger partial charge in [-0.15, -0.1) is 0 Å². The Kier molecular flexibility index (Phi) is 5.01. The average Bonchev–Trinajstić information content (AvgIpc) is 2.23. The first-order valence-corrected chi connectivity index (χ1v) is 5.43. The fraction of sp³-hybridized carbons (Fsp3) is 0.900. The maximum absolute atomic E-state index is 11.4. The molecule has 1 saturated carbocycles. The van der Waals surface area contributed by atoms with Crippen LogP contribution in [-0.4, -0.2) is 43.9 Å². The summed E-state index contributed by atoms with van der Waals surface area (Å²) in [5, 5.41) is 2.82. The molecule has 1 fully saturated rings. The van der Waals surface area contributed by atoms with E-state index in [1.54, 1.807) is 0 Å². The predicted octanol–water partition coefficient (Wildman–Crippen LogP) is -0.356. The smallest absolute Gasteiger partial charge is 0.246 e. The molecule has 0 aromatic carbocycles. The summed E-state index contributed by atoms with van der Waals surface area (Å²) in [5.74, 6) is -0.123. The summed E-state index contributed by atoms with van der Waals surface area (Å²) < 4.78 is 10.4. The van der Waals surface area contributed by atoms with Crippen molar-refractivity contribution in [2.75, 3.05) is 19.8 Å². The van der Waals surface area contributed by atoms with Gasteiger partial charge in [0.1, 0.15) is 6.61 Å². The van der Waals surface area contributed by atoms with Crippen LogP contribution in [0.15, 0.2) is 0 Å². The highest BCUT2D eigenvalue weighted by molar-refractivity contribution is 5.77. The number of carbonyl (C=O) groups excluding carboxylic acids is 1. The molecule has 3 unspecified atom stereocenters. The van der Waals surface area contributed by atoms with E-state index in [2.05, 4.69) is 5.32 Å². The third kappa shape index (κ3) is 3.44. The van der Waals surface area contributed by atoms with Gasteiger partial charge in [0.05, 0.1) is 12.1 Å². The highest BCUT2D eigenvalue weighted by Crippen LogP contribution is 2.22. The molecule has 5 heteroatoms. The number of hydrogen-bond donors (Lipinski definition) is 2. The number of hydrogen-bond acceptors (Lipinski definition) is 4. The third-order valence-corrected chi connectivity index (χ3v) is 2.51. The zero-order valence-corrected chi connectivity index (χ0v) is 9.36. The molecule has 3 N–H and O–H groups in total. The average molecular weight is 216 g/mol. The Morgan fingerprint density at radius 1 is 1.47 bits per heavy atom. The van der Waals surface area contributed by atoms with Crippen LogP contribution in [0.4, 0.5) is 0 Å². The monoisotopic (exact) mass is 216 g/mol. The molecule has 0 aromatic rings. The molecule has 1 amide bonds. The third-order valence-electron chi connectivity index (χ3n) is 2.51. The Morgan fingerprint density at radius 2 is 2.20 bits per heavy atom. The van der Waals surface area contributed by atoms with Crippen molar-refractivity contribution in [3.8, 4) is 0 Å². The number of rotatable bonds is 6. The topological polar surface area (TPSA) is 73.6 Å². The largest absolute Gasteiger partial charge is 0.376 e. The Balaban J connectivity index is 2.26. The van der Waals surface area contributed by atoms with Crippen molar-refractivity contribution in [2.24, 2.45) is 5.73 Å². The lowest BCUT2D eigenvalue weighted by molar-refractivity contribution is -0.130. The minimum absolute atomic E-state index is 0.00660. The standard InChI is InChI=1S/C10H20N2O3/c1-3-14-6-9(13)12-10-7(11)5-8(10)15-4-2/h7-8,10H,3-6,11H2,1-2H3,(H,12,13). The van der Waals surface area contributed by atoms with Crippen molar-refractivity contribution < 1.29 is 14.3 Å². The molecule has 0 heterocycles. The van der Waals surface area contributed by atoms with Crippen molar-refractivity contribution in [3.05, 3.63) is 0 Å². The molecule has 0 radical (unpaired) electrons. The van der Waals surface area contributed by atoms with Gasteiger partial charge in [-0.1, -0.05) is 0 Å². The quantitative estimate of drug-likeness (QED) is 0.636. The second kappa shape index (κ2) is 6.05. The van der Waals surface area contributed by atoms with Crippen molar-refractivity contribution in [3.63, 3.8) is 0 Å². The second-order valence-corrected chi connectivity index (χ2v) is 3.62. The molecule has 88 valence electrons. The summed E-state index contributed by atoms with van der Waals surface area (Å²) in [6.45, 7) is 5.07. The summed E-state index contributed by atoms with van der Waals surface area (Å²) in [6, 6.07) is -0.0509. The van der Waals surface area contributed by atoms with Crippen LogP contribution in [0.25, 0.3) is 0 Å². The first-order valence-electron chi connectivity index (χ1n) is 5.43. The van der Waals surface area contributed by atoms with Gasteiger partial charge in [0.2, 0.25) is 5.91 Å². The normalized spacial score (nSPS) is 29.7. The summed E-state index contributed by atoms with van der Waals surface area (Å²) in [7, 11) is 0. The van der Waals surface area contributed by atoms with Crippen molar-refractivity contribution in [1.29, 1.82) is 0 Å². The fourth-order valence-electron chi connectivity index (χ4n) is 1.65. The molecule has 0 aliphatic heterocycles. The molecule has 15 heavy (non-hydrogen) atoms. The highest BCUT2D eigenvalue weighted by Gasteiger charge is 2.40. The summed E-state index contributed by atoms with van der Waals surface area (Å²) in [6.07, 6.45) is 0.878. The molecule has 3 atom stereocenters. The van der Waals surface area contributed by atoms with Crippen LogP contribution in [0.3, 0.4) is 0 Å². The summed E-state index contributed by atoms with van der Waals surface area (Å²) in [5.41, 5.74) is 5.78. The molecule has 1 aliphatic rings. The van der Waals surface area contributed by atoms with E-state index < -0.39 is 0 Å². The van der Waals surface area contributed by atoms with Crippen LogP contribution in [0.5, 0.6) is 0 Å². The molecule has 1 aliphatic carbocycles. The van der Waals surface area contributed by atoms with Gasteiger partial charge >= 0.3 is 0 Å². The maximum atomic E-state index is 11.4. The van der Waals surface area contributed by atoms with Gasteiger partial charge < -0.3 is 20.5 Å². The predicted molar refractivity (Wildman–Crippen MR) is 56.4 cm³/mol. The summed E-state index contributed by atoms with van der Waals surface area (Å²) in [4.78, 5) is 11.4. The second-order valence-electron chi connectivity index (χ2n) is 3.62. The molecule has 5 nitrogen and oxygen atoms in total. The van der Waals surface area contributed by atoms with E-state index in [9.17, 15) is 4.79 Å². The first-order chi connectivity index (χ1) is 7.19. The van der Waals surface area contributed by atoms with Crippen LogP contribution in [-0.2, 0) is 14.3 Å². The Morgan fingerprint density at radius 3 is 2.73 bits per heavy atom. The summed E-state index contributed by atoms with van der Waals surface area (Å²) >= 11 is 0. The molecule has 0 bridgehead atoms. The van der Waals surface area contributed by atoms with Crippen molar-refractivity contribution in [1.82, 2.24) is 5.32 Å². The molecule has 0 aromatic heterocycles. The Labute approximate surface area is 90.3 Å². The molecule has 0 spiro atoms. The molecule has 1 rings (SSSR count). The van der Waals surface area contributed by atoms with E-state index in [-0.39, 0.29) is 30.7 Å². The van der Waals surface area contributed by atoms with Crippen LogP contribution in [0.2, 0.25) is 0 Å². The van der Waals surface area contributed by atoms with Gasteiger partial charge in [-0.05, 0) is 20.3 Å². The van der Waals surface area contributed by atoms with E-state index in [0.717, 1.165) is 6.42 Å². The zero-order valence-electron chi connectivity index (χ0n) is 9.36. The van der Waals surface area contributed by atoms with E-state index in [0.29, 0.717) is 13.2 Å². The minimum atomic E-state index is -0.123. The van der Waals surface area contributed by atoms with Gasteiger partial charge in [0, 0.05) is 19.3 Å². The van der Waals surface area contributed by atoms with Crippen LogP contribution < -0.4 is 11.1 Å². The Hall–Kier alpha value is -0.650. The Bertz CT molecular complexity index is 209. The van der Waals surface area contributed by atoms with E-state index in [1.807, 2.05) is 13.8 Å². The number of ether oxygens (including phenoxy) is 2. The van der Waals surface area contributed by atoms with E-state index in [4.69, 9.17) is 15.2 Å².